The average molecular weight is 261 g/mol. The molecule has 0 spiro atoms. The Balaban J connectivity index is 1.74. The van der Waals surface area contributed by atoms with Gasteiger partial charge in [-0.3, -0.25) is 4.79 Å². The number of rotatable bonds is 6. The van der Waals surface area contributed by atoms with Gasteiger partial charge in [0.1, 0.15) is 0 Å². The van der Waals surface area contributed by atoms with Gasteiger partial charge in [-0.2, -0.15) is 0 Å². The zero-order valence-corrected chi connectivity index (χ0v) is 11.6. The highest BCUT2D eigenvalue weighted by atomic mass is 16.1. The van der Waals surface area contributed by atoms with Crippen molar-refractivity contribution in [3.05, 3.63) is 24.3 Å². The Bertz CT molecular complexity index is 396. The molecule has 0 unspecified atom stereocenters. The van der Waals surface area contributed by atoms with Gasteiger partial charge in [0.15, 0.2) is 0 Å². The quantitative estimate of drug-likeness (QED) is 0.772. The molecule has 4 heteroatoms. The largest absolute Gasteiger partial charge is 0.385 e. The molecular weight excluding hydrogens is 238 g/mol. The van der Waals surface area contributed by atoms with Crippen LogP contribution >= 0.6 is 0 Å². The van der Waals surface area contributed by atoms with Gasteiger partial charge in [-0.15, -0.1) is 0 Å². The van der Waals surface area contributed by atoms with Crippen LogP contribution < -0.4 is 15.5 Å². The third-order valence-corrected chi connectivity index (χ3v) is 3.53. The number of hydrogen-bond acceptors (Lipinski definition) is 3. The monoisotopic (exact) mass is 261 g/mol. The summed E-state index contributed by atoms with van der Waals surface area (Å²) in [6, 6.07) is 8.58. The molecule has 0 radical (unpaired) electrons. The minimum atomic E-state index is 0.103. The van der Waals surface area contributed by atoms with Crippen molar-refractivity contribution in [2.24, 2.45) is 0 Å². The van der Waals surface area contributed by atoms with Crippen molar-refractivity contribution in [1.29, 1.82) is 0 Å². The summed E-state index contributed by atoms with van der Waals surface area (Å²) in [5.41, 5.74) is 2.44. The normalized spacial score (nSPS) is 14.5. The molecule has 1 amide bonds. The summed E-state index contributed by atoms with van der Waals surface area (Å²) < 4.78 is 0. The summed E-state index contributed by atoms with van der Waals surface area (Å²) >= 11 is 0. The van der Waals surface area contributed by atoms with Crippen molar-refractivity contribution < 1.29 is 4.79 Å². The predicted molar refractivity (Wildman–Crippen MR) is 79.7 cm³/mol. The molecule has 0 saturated carbocycles. The second-order valence-electron chi connectivity index (χ2n) is 4.94. The summed E-state index contributed by atoms with van der Waals surface area (Å²) in [6.07, 6.45) is 4.04. The minimum Gasteiger partial charge on any atom is -0.385 e. The molecule has 2 N–H and O–H groups in total. The fraction of sp³-hybridized carbons (Fsp3) is 0.533. The summed E-state index contributed by atoms with van der Waals surface area (Å²) in [7, 11) is 1.67. The van der Waals surface area contributed by atoms with Gasteiger partial charge in [0.2, 0.25) is 5.91 Å². The molecule has 4 nitrogen and oxygen atoms in total. The van der Waals surface area contributed by atoms with E-state index >= 15 is 0 Å². The van der Waals surface area contributed by atoms with Crippen LogP contribution in [0.2, 0.25) is 0 Å². The van der Waals surface area contributed by atoms with Gasteiger partial charge < -0.3 is 15.5 Å². The van der Waals surface area contributed by atoms with Crippen LogP contribution in [0.5, 0.6) is 0 Å². The van der Waals surface area contributed by atoms with E-state index in [1.807, 2.05) is 0 Å². The van der Waals surface area contributed by atoms with Crippen LogP contribution in [0.4, 0.5) is 11.4 Å². The second-order valence-corrected chi connectivity index (χ2v) is 4.94. The van der Waals surface area contributed by atoms with E-state index in [0.29, 0.717) is 6.42 Å². The molecule has 1 fully saturated rings. The molecule has 1 aliphatic rings. The Labute approximate surface area is 115 Å². The van der Waals surface area contributed by atoms with Gasteiger partial charge in [0, 0.05) is 44.5 Å². The van der Waals surface area contributed by atoms with Crippen LogP contribution in [0.3, 0.4) is 0 Å². The third-order valence-electron chi connectivity index (χ3n) is 3.53. The molecule has 1 aliphatic heterocycles. The number of carbonyl (C=O) groups excluding carboxylic acids is 1. The van der Waals surface area contributed by atoms with Crippen molar-refractivity contribution in [2.45, 2.75) is 25.7 Å². The highest BCUT2D eigenvalue weighted by Gasteiger charge is 2.11. The zero-order valence-electron chi connectivity index (χ0n) is 11.6. The Hall–Kier alpha value is -1.71. The lowest BCUT2D eigenvalue weighted by atomic mass is 10.2. The fourth-order valence-corrected chi connectivity index (χ4v) is 2.37. The molecule has 0 bridgehead atoms. The van der Waals surface area contributed by atoms with Crippen LogP contribution in [0.1, 0.15) is 25.7 Å². The van der Waals surface area contributed by atoms with Gasteiger partial charge in [-0.25, -0.2) is 0 Å². The highest BCUT2D eigenvalue weighted by molar-refractivity contribution is 5.75. The third kappa shape index (κ3) is 4.16. The molecular formula is C15H23N3O. The molecule has 0 aliphatic carbocycles. The molecule has 2 rings (SSSR count). The number of nitrogens with zero attached hydrogens (tertiary/aromatic N) is 1. The smallest absolute Gasteiger partial charge is 0.219 e. The fourth-order valence-electron chi connectivity index (χ4n) is 2.37. The van der Waals surface area contributed by atoms with Gasteiger partial charge in [0.25, 0.3) is 0 Å². The van der Waals surface area contributed by atoms with Crippen LogP contribution in [-0.4, -0.2) is 32.6 Å². The molecule has 1 aromatic rings. The van der Waals surface area contributed by atoms with Crippen molar-refractivity contribution in [2.75, 3.05) is 36.9 Å². The molecule has 1 heterocycles. The summed E-state index contributed by atoms with van der Waals surface area (Å²) in [6.45, 7) is 3.19. The maximum atomic E-state index is 11.1. The van der Waals surface area contributed by atoms with Crippen molar-refractivity contribution in [3.63, 3.8) is 0 Å². The van der Waals surface area contributed by atoms with Crippen LogP contribution in [0, 0.1) is 0 Å². The van der Waals surface area contributed by atoms with Crippen LogP contribution in [-0.2, 0) is 4.79 Å². The summed E-state index contributed by atoms with van der Waals surface area (Å²) in [4.78, 5) is 13.5. The van der Waals surface area contributed by atoms with E-state index < -0.39 is 0 Å². The Kier molecular flexibility index (Phi) is 5.07. The van der Waals surface area contributed by atoms with E-state index in [2.05, 4.69) is 39.8 Å². The summed E-state index contributed by atoms with van der Waals surface area (Å²) in [5.74, 6) is 0.103. The van der Waals surface area contributed by atoms with Gasteiger partial charge in [-0.1, -0.05) is 0 Å². The van der Waals surface area contributed by atoms with Gasteiger partial charge >= 0.3 is 0 Å². The van der Waals surface area contributed by atoms with Gasteiger partial charge in [0.05, 0.1) is 0 Å². The zero-order chi connectivity index (χ0) is 13.5. The number of carbonyl (C=O) groups is 1. The molecule has 104 valence electrons. The topological polar surface area (TPSA) is 44.4 Å². The number of anilines is 2. The Morgan fingerprint density at radius 1 is 1.21 bits per heavy atom. The lowest BCUT2D eigenvalue weighted by Crippen LogP contribution is -2.18. The molecule has 1 saturated heterocycles. The number of hydrogen-bond donors (Lipinski definition) is 2. The van der Waals surface area contributed by atoms with E-state index in [0.717, 1.165) is 18.7 Å². The van der Waals surface area contributed by atoms with E-state index in [9.17, 15) is 4.79 Å². The van der Waals surface area contributed by atoms with E-state index in [-0.39, 0.29) is 5.91 Å². The molecule has 19 heavy (non-hydrogen) atoms. The lowest BCUT2D eigenvalue weighted by molar-refractivity contribution is -0.120. The first-order chi connectivity index (χ1) is 9.29. The first-order valence-corrected chi connectivity index (χ1v) is 7.09. The maximum absolute atomic E-state index is 11.1. The SMILES string of the molecule is CNC(=O)CCCNc1ccc(N2CCCC2)cc1. The Morgan fingerprint density at radius 2 is 1.89 bits per heavy atom. The average Bonchev–Trinajstić information content (AvgIpc) is 2.98. The number of amides is 1. The first kappa shape index (κ1) is 13.7. The second kappa shape index (κ2) is 7.02. The number of benzene rings is 1. The first-order valence-electron chi connectivity index (χ1n) is 7.09. The maximum Gasteiger partial charge on any atom is 0.219 e. The predicted octanol–water partition coefficient (Wildman–Crippen LogP) is 2.22. The standard InChI is InChI=1S/C15H23N3O/c1-16-15(19)5-4-10-17-13-6-8-14(9-7-13)18-11-2-3-12-18/h6-9,17H,2-5,10-12H2,1H3,(H,16,19). The van der Waals surface area contributed by atoms with Crippen molar-refractivity contribution >= 4 is 17.3 Å². The Morgan fingerprint density at radius 3 is 2.53 bits per heavy atom. The molecule has 0 aromatic heterocycles. The lowest BCUT2D eigenvalue weighted by Gasteiger charge is -2.18. The molecule has 0 atom stereocenters. The van der Waals surface area contributed by atoms with Crippen LogP contribution in [0.15, 0.2) is 24.3 Å². The van der Waals surface area contributed by atoms with Gasteiger partial charge in [-0.05, 0) is 43.5 Å². The minimum absolute atomic E-state index is 0.103. The van der Waals surface area contributed by atoms with Crippen LogP contribution in [0.25, 0.3) is 0 Å². The van der Waals surface area contributed by atoms with E-state index in [4.69, 9.17) is 0 Å². The van der Waals surface area contributed by atoms with E-state index in [1.54, 1.807) is 7.05 Å². The highest BCUT2D eigenvalue weighted by Crippen LogP contribution is 2.21. The number of nitrogens with one attached hydrogen (secondary N) is 2. The van der Waals surface area contributed by atoms with Crippen molar-refractivity contribution in [1.82, 2.24) is 5.32 Å². The van der Waals surface area contributed by atoms with E-state index in [1.165, 1.54) is 31.6 Å². The molecule has 1 aromatic carbocycles. The van der Waals surface area contributed by atoms with Crippen molar-refractivity contribution in [3.8, 4) is 0 Å². The summed E-state index contributed by atoms with van der Waals surface area (Å²) in [5, 5.41) is 5.97.